The number of nitrogens with zero attached hydrogens (tertiary/aromatic N) is 1. The van der Waals surface area contributed by atoms with Gasteiger partial charge in [-0.3, -0.25) is 0 Å². The van der Waals surface area contributed by atoms with Crippen LogP contribution in [0.25, 0.3) is 0 Å². The topological polar surface area (TPSA) is 40.0 Å². The second-order valence-electron chi connectivity index (χ2n) is 9.82. The molecule has 0 aromatic heterocycles. The number of methoxy groups -OCH3 is 2. The Morgan fingerprint density at radius 3 is 1.65 bits per heavy atom. The van der Waals surface area contributed by atoms with Crippen molar-refractivity contribution in [3.63, 3.8) is 0 Å². The average Bonchev–Trinajstić information content (AvgIpc) is 3.31. The largest absolute Gasteiger partial charge is 0.493 e. The Balaban J connectivity index is 1.83. The molecular weight excluding hydrogens is 477 g/mol. The molecule has 1 heterocycles. The molecule has 1 aliphatic heterocycles. The van der Waals surface area contributed by atoms with Gasteiger partial charge >= 0.3 is 0 Å². The summed E-state index contributed by atoms with van der Waals surface area (Å²) in [6.45, 7) is 4.73. The molecule has 4 aromatic rings. The van der Waals surface area contributed by atoms with Gasteiger partial charge in [0.25, 0.3) is 0 Å². The molecule has 4 aromatic carbocycles. The summed E-state index contributed by atoms with van der Waals surface area (Å²) in [7, 11) is 1.20. The predicted molar refractivity (Wildman–Crippen MR) is 155 cm³/mol. The SMILES string of the molecule is COc1ccc(C2=NC(C)(C)CO2)c(C[P+](c2ccccc2)(c2ccccc2)c2ccccc2)c1OC. The minimum absolute atomic E-state index is 0.274. The zero-order chi connectivity index (χ0) is 25.9. The summed E-state index contributed by atoms with van der Waals surface area (Å²) in [5.41, 5.74) is 1.73. The summed E-state index contributed by atoms with van der Waals surface area (Å²) >= 11 is 0. The molecule has 0 atom stereocenters. The highest BCUT2D eigenvalue weighted by atomic mass is 31.2. The summed E-state index contributed by atoms with van der Waals surface area (Å²) in [5.74, 6) is 2.09. The van der Waals surface area contributed by atoms with Gasteiger partial charge in [0.2, 0.25) is 5.90 Å². The van der Waals surface area contributed by atoms with Crippen molar-refractivity contribution >= 4 is 29.1 Å². The van der Waals surface area contributed by atoms with E-state index in [9.17, 15) is 0 Å². The van der Waals surface area contributed by atoms with Gasteiger partial charge in [-0.05, 0) is 62.4 Å². The van der Waals surface area contributed by atoms with E-state index in [0.717, 1.165) is 23.0 Å². The molecule has 4 nitrogen and oxygen atoms in total. The summed E-state index contributed by atoms with van der Waals surface area (Å²) < 4.78 is 18.0. The third kappa shape index (κ3) is 4.74. The minimum atomic E-state index is -2.19. The Labute approximate surface area is 220 Å². The second kappa shape index (κ2) is 10.4. The number of hydrogen-bond donors (Lipinski definition) is 0. The molecule has 0 radical (unpaired) electrons. The standard InChI is InChI=1S/C32H33NO3P/c1-32(2)23-36-31(33-32)27-20-21-29(34-3)30(35-4)28(27)22-37(24-14-8-5-9-15-24,25-16-10-6-11-17-25)26-18-12-7-13-19-26/h5-21H,22-23H2,1-4H3/q+1. The highest BCUT2D eigenvalue weighted by Gasteiger charge is 2.47. The molecule has 0 saturated heterocycles. The molecule has 0 N–H and O–H groups in total. The summed E-state index contributed by atoms with van der Waals surface area (Å²) in [6, 6.07) is 36.6. The first-order valence-corrected chi connectivity index (χ1v) is 14.5. The van der Waals surface area contributed by atoms with Gasteiger partial charge in [0.05, 0.1) is 19.8 Å². The van der Waals surface area contributed by atoms with Crippen LogP contribution in [0, 0.1) is 0 Å². The monoisotopic (exact) mass is 510 g/mol. The molecule has 5 rings (SSSR count). The quantitative estimate of drug-likeness (QED) is 0.283. The molecule has 37 heavy (non-hydrogen) atoms. The first kappa shape index (κ1) is 25.0. The van der Waals surface area contributed by atoms with Crippen LogP contribution >= 0.6 is 7.26 Å². The van der Waals surface area contributed by atoms with Crippen LogP contribution in [0.4, 0.5) is 0 Å². The van der Waals surface area contributed by atoms with E-state index in [1.165, 1.54) is 15.9 Å². The molecule has 188 valence electrons. The molecule has 0 saturated carbocycles. The lowest BCUT2D eigenvalue weighted by Gasteiger charge is -2.29. The summed E-state index contributed by atoms with van der Waals surface area (Å²) in [4.78, 5) is 4.94. The van der Waals surface area contributed by atoms with Gasteiger partial charge < -0.3 is 14.2 Å². The van der Waals surface area contributed by atoms with Crippen molar-refractivity contribution in [2.75, 3.05) is 20.8 Å². The van der Waals surface area contributed by atoms with Gasteiger partial charge in [0.1, 0.15) is 35.9 Å². The molecule has 0 unspecified atom stereocenters. The van der Waals surface area contributed by atoms with Crippen LogP contribution < -0.4 is 25.4 Å². The molecule has 1 aliphatic rings. The maximum absolute atomic E-state index is 6.17. The van der Waals surface area contributed by atoms with Gasteiger partial charge in [-0.25, -0.2) is 4.99 Å². The Morgan fingerprint density at radius 1 is 0.730 bits per heavy atom. The smallest absolute Gasteiger partial charge is 0.217 e. The molecule has 0 fully saturated rings. The fourth-order valence-corrected chi connectivity index (χ4v) is 9.35. The van der Waals surface area contributed by atoms with Crippen LogP contribution in [0.15, 0.2) is 108 Å². The predicted octanol–water partition coefficient (Wildman–Crippen LogP) is 5.75. The maximum Gasteiger partial charge on any atom is 0.217 e. The fraction of sp³-hybridized carbons (Fsp3) is 0.219. The van der Waals surface area contributed by atoms with Crippen LogP contribution in [-0.4, -0.2) is 32.3 Å². The Morgan fingerprint density at radius 2 is 1.24 bits per heavy atom. The van der Waals surface area contributed by atoms with Crippen molar-refractivity contribution in [1.29, 1.82) is 0 Å². The van der Waals surface area contributed by atoms with Crippen molar-refractivity contribution in [1.82, 2.24) is 0 Å². The van der Waals surface area contributed by atoms with E-state index < -0.39 is 7.26 Å². The van der Waals surface area contributed by atoms with E-state index in [-0.39, 0.29) is 5.54 Å². The first-order valence-electron chi connectivity index (χ1n) is 12.5. The summed E-state index contributed by atoms with van der Waals surface area (Å²) in [6.07, 6.45) is 0.726. The van der Waals surface area contributed by atoms with Crippen molar-refractivity contribution in [2.24, 2.45) is 4.99 Å². The second-order valence-corrected chi connectivity index (χ2v) is 13.3. The zero-order valence-electron chi connectivity index (χ0n) is 21.8. The zero-order valence-corrected chi connectivity index (χ0v) is 22.7. The van der Waals surface area contributed by atoms with Crippen molar-refractivity contribution < 1.29 is 14.2 Å². The van der Waals surface area contributed by atoms with E-state index in [1.54, 1.807) is 14.2 Å². The lowest BCUT2D eigenvalue weighted by atomic mass is 10.1. The highest BCUT2D eigenvalue weighted by molar-refractivity contribution is 7.95. The lowest BCUT2D eigenvalue weighted by molar-refractivity contribution is 0.279. The fourth-order valence-electron chi connectivity index (χ4n) is 5.08. The number of ether oxygens (including phenoxy) is 3. The number of aliphatic imine (C=N–C) groups is 1. The summed E-state index contributed by atoms with van der Waals surface area (Å²) in [5, 5.41) is 3.91. The van der Waals surface area contributed by atoms with Crippen molar-refractivity contribution in [3.05, 3.63) is 114 Å². The van der Waals surface area contributed by atoms with E-state index in [2.05, 4.69) is 111 Å². The van der Waals surface area contributed by atoms with Crippen molar-refractivity contribution in [2.45, 2.75) is 25.5 Å². The molecule has 0 aliphatic carbocycles. The van der Waals surface area contributed by atoms with Crippen LogP contribution in [0.5, 0.6) is 11.5 Å². The van der Waals surface area contributed by atoms with Crippen LogP contribution in [-0.2, 0) is 10.9 Å². The number of rotatable bonds is 8. The molecule has 0 amide bonds. The van der Waals surface area contributed by atoms with E-state index >= 15 is 0 Å². The third-order valence-corrected chi connectivity index (χ3v) is 11.2. The third-order valence-electron chi connectivity index (χ3n) is 6.83. The molecule has 0 spiro atoms. The van der Waals surface area contributed by atoms with Gasteiger partial charge in [-0.2, -0.15) is 0 Å². The number of benzene rings is 4. The first-order chi connectivity index (χ1) is 18.0. The Bertz CT molecular complexity index is 1290. The normalized spacial score (nSPS) is 14.5. The van der Waals surface area contributed by atoms with Gasteiger partial charge in [-0.1, -0.05) is 54.6 Å². The maximum atomic E-state index is 6.17. The highest BCUT2D eigenvalue weighted by Crippen LogP contribution is 2.60. The van der Waals surface area contributed by atoms with Crippen LogP contribution in [0.1, 0.15) is 25.0 Å². The molecule has 5 heteroatoms. The van der Waals surface area contributed by atoms with E-state index in [4.69, 9.17) is 19.2 Å². The van der Waals surface area contributed by atoms with E-state index in [0.29, 0.717) is 18.3 Å². The van der Waals surface area contributed by atoms with Crippen LogP contribution in [0.2, 0.25) is 0 Å². The Hall–Kier alpha value is -3.62. The molecular formula is C32H33NO3P+. The van der Waals surface area contributed by atoms with Crippen LogP contribution in [0.3, 0.4) is 0 Å². The van der Waals surface area contributed by atoms with Crippen molar-refractivity contribution in [3.8, 4) is 11.5 Å². The van der Waals surface area contributed by atoms with Gasteiger partial charge in [0, 0.05) is 11.1 Å². The van der Waals surface area contributed by atoms with E-state index in [1.807, 2.05) is 6.07 Å². The minimum Gasteiger partial charge on any atom is -0.493 e. The lowest BCUT2D eigenvalue weighted by Crippen LogP contribution is -2.33. The Kier molecular flexibility index (Phi) is 7.04. The van der Waals surface area contributed by atoms with Gasteiger partial charge in [-0.15, -0.1) is 0 Å². The number of hydrogen-bond acceptors (Lipinski definition) is 4. The molecule has 0 bridgehead atoms. The van der Waals surface area contributed by atoms with Gasteiger partial charge in [0.15, 0.2) is 11.5 Å². The average molecular weight is 511 g/mol.